The zero-order valence-electron chi connectivity index (χ0n) is 27.0. The molecule has 2 aromatic heterocycles. The quantitative estimate of drug-likeness (QED) is 0.173. The van der Waals surface area contributed by atoms with Gasteiger partial charge in [-0.2, -0.15) is 0 Å². The van der Waals surface area contributed by atoms with Gasteiger partial charge in [0.25, 0.3) is 0 Å². The highest BCUT2D eigenvalue weighted by molar-refractivity contribution is 7.25. The maximum absolute atomic E-state index is 6.24. The normalized spacial score (nSPS) is 12.0. The van der Waals surface area contributed by atoms with E-state index in [1.54, 1.807) is 0 Å². The number of fused-ring (bicyclic) bond motifs is 10. The molecule has 0 fully saturated rings. The molecule has 0 radical (unpaired) electrons. The van der Waals surface area contributed by atoms with Crippen molar-refractivity contribution < 1.29 is 4.42 Å². The molecule has 11 rings (SSSR count). The number of hydrogen-bond acceptors (Lipinski definition) is 2. The number of furan rings is 1. The van der Waals surface area contributed by atoms with E-state index in [4.69, 9.17) is 4.42 Å². The van der Waals surface area contributed by atoms with Gasteiger partial charge in [-0.25, -0.2) is 0 Å². The van der Waals surface area contributed by atoms with Gasteiger partial charge in [-0.3, -0.25) is 0 Å². The van der Waals surface area contributed by atoms with Gasteiger partial charge < -0.3 is 4.42 Å². The van der Waals surface area contributed by atoms with Crippen LogP contribution in [0, 0.1) is 0 Å². The third-order valence-corrected chi connectivity index (χ3v) is 11.6. The smallest absolute Gasteiger partial charge is 0.136 e. The molecule has 1 nitrogen and oxygen atoms in total. The van der Waals surface area contributed by atoms with Crippen molar-refractivity contribution in [1.29, 1.82) is 0 Å². The summed E-state index contributed by atoms with van der Waals surface area (Å²) in [4.78, 5) is 0. The van der Waals surface area contributed by atoms with E-state index < -0.39 is 0 Å². The summed E-state index contributed by atoms with van der Waals surface area (Å²) in [6.07, 6.45) is 0. The Morgan fingerprint density at radius 3 is 1.58 bits per heavy atom. The largest absolute Gasteiger partial charge is 0.456 e. The summed E-state index contributed by atoms with van der Waals surface area (Å²) >= 11 is 1.87. The van der Waals surface area contributed by atoms with Crippen molar-refractivity contribution in [2.24, 2.45) is 0 Å². The number of rotatable bonds is 3. The van der Waals surface area contributed by atoms with Crippen LogP contribution in [-0.2, 0) is 0 Å². The molecular formula is C48H28OS. The molecule has 2 heterocycles. The van der Waals surface area contributed by atoms with Gasteiger partial charge in [0.2, 0.25) is 0 Å². The van der Waals surface area contributed by atoms with Gasteiger partial charge in [0.1, 0.15) is 11.2 Å². The first-order valence-corrected chi connectivity index (χ1v) is 17.9. The Bertz CT molecular complexity index is 3070. The van der Waals surface area contributed by atoms with Crippen molar-refractivity contribution in [3.05, 3.63) is 170 Å². The minimum atomic E-state index is 0.934. The zero-order chi connectivity index (χ0) is 32.8. The molecule has 0 saturated carbocycles. The average Bonchev–Trinajstić information content (AvgIpc) is 3.74. The van der Waals surface area contributed by atoms with Crippen molar-refractivity contribution >= 4 is 85.8 Å². The fraction of sp³-hybridized carbons (Fsp3) is 0. The standard InChI is InChI=1S/C48H28OS/c1-2-10-30(11-3-1)46-34-12-4-6-14-36(34)47(37-15-7-5-13-35(37)46)31-20-18-29(19-21-31)32-23-25-44-40(26-32)41-28-39-33(27-45(41)50-44)22-24-43-48(39)38-16-8-9-17-42(38)49-43/h1-28H. The van der Waals surface area contributed by atoms with Gasteiger partial charge in [-0.05, 0) is 102 Å². The summed E-state index contributed by atoms with van der Waals surface area (Å²) < 4.78 is 8.85. The van der Waals surface area contributed by atoms with Gasteiger partial charge in [-0.1, -0.05) is 133 Å². The van der Waals surface area contributed by atoms with E-state index in [1.807, 2.05) is 17.4 Å². The Labute approximate surface area is 292 Å². The van der Waals surface area contributed by atoms with Crippen LogP contribution >= 0.6 is 11.3 Å². The Hall–Kier alpha value is -6.22. The van der Waals surface area contributed by atoms with Crippen molar-refractivity contribution in [3.8, 4) is 33.4 Å². The highest BCUT2D eigenvalue weighted by Crippen LogP contribution is 2.45. The Morgan fingerprint density at radius 1 is 0.320 bits per heavy atom. The molecule has 2 heteroatoms. The first-order valence-electron chi connectivity index (χ1n) is 17.1. The highest BCUT2D eigenvalue weighted by Gasteiger charge is 2.17. The minimum Gasteiger partial charge on any atom is -0.456 e. The number of para-hydroxylation sites is 1. The Morgan fingerprint density at radius 2 is 0.880 bits per heavy atom. The van der Waals surface area contributed by atoms with Crippen LogP contribution in [0.3, 0.4) is 0 Å². The van der Waals surface area contributed by atoms with E-state index in [-0.39, 0.29) is 0 Å². The molecule has 0 N–H and O–H groups in total. The molecule has 232 valence electrons. The molecule has 0 unspecified atom stereocenters. The molecule has 0 aliphatic rings. The summed E-state index contributed by atoms with van der Waals surface area (Å²) in [6.45, 7) is 0. The molecule has 0 aliphatic heterocycles. The second-order valence-electron chi connectivity index (χ2n) is 13.2. The maximum Gasteiger partial charge on any atom is 0.136 e. The van der Waals surface area contributed by atoms with Crippen LogP contribution in [0.4, 0.5) is 0 Å². The van der Waals surface area contributed by atoms with Crippen LogP contribution < -0.4 is 0 Å². The highest BCUT2D eigenvalue weighted by atomic mass is 32.1. The predicted octanol–water partition coefficient (Wildman–Crippen LogP) is 14.4. The van der Waals surface area contributed by atoms with E-state index in [2.05, 4.69) is 164 Å². The monoisotopic (exact) mass is 652 g/mol. The van der Waals surface area contributed by atoms with E-state index in [0.29, 0.717) is 0 Å². The first kappa shape index (κ1) is 27.7. The van der Waals surface area contributed by atoms with Crippen LogP contribution in [0.2, 0.25) is 0 Å². The van der Waals surface area contributed by atoms with Crippen molar-refractivity contribution in [3.63, 3.8) is 0 Å². The van der Waals surface area contributed by atoms with Gasteiger partial charge in [0.05, 0.1) is 0 Å². The lowest BCUT2D eigenvalue weighted by Crippen LogP contribution is -1.90. The second kappa shape index (κ2) is 10.6. The van der Waals surface area contributed by atoms with Crippen molar-refractivity contribution in [1.82, 2.24) is 0 Å². The van der Waals surface area contributed by atoms with E-state index >= 15 is 0 Å². The number of thiophene rings is 1. The molecule has 0 aliphatic carbocycles. The van der Waals surface area contributed by atoms with Gasteiger partial charge in [0.15, 0.2) is 0 Å². The summed E-state index contributed by atoms with van der Waals surface area (Å²) in [7, 11) is 0. The fourth-order valence-electron chi connectivity index (χ4n) is 8.18. The molecule has 9 aromatic carbocycles. The van der Waals surface area contributed by atoms with Gasteiger partial charge in [-0.15, -0.1) is 11.3 Å². The SMILES string of the molecule is c1ccc(-c2c3ccccc3c(-c3ccc(-c4ccc5sc6cc7ccc8oc9ccccc9c8c7cc6c5c4)cc3)c3ccccc23)cc1. The Balaban J connectivity index is 1.06. The van der Waals surface area contributed by atoms with Crippen LogP contribution in [0.5, 0.6) is 0 Å². The van der Waals surface area contributed by atoms with Crippen LogP contribution in [0.25, 0.3) is 108 Å². The lowest BCUT2D eigenvalue weighted by Gasteiger charge is -2.18. The maximum atomic E-state index is 6.24. The fourth-order valence-corrected chi connectivity index (χ4v) is 9.30. The van der Waals surface area contributed by atoms with Crippen molar-refractivity contribution in [2.75, 3.05) is 0 Å². The lowest BCUT2D eigenvalue weighted by molar-refractivity contribution is 0.669. The number of hydrogen-bond donors (Lipinski definition) is 0. The zero-order valence-corrected chi connectivity index (χ0v) is 27.8. The van der Waals surface area contributed by atoms with Crippen LogP contribution in [0.1, 0.15) is 0 Å². The third-order valence-electron chi connectivity index (χ3n) is 10.4. The third kappa shape index (κ3) is 4.06. The van der Waals surface area contributed by atoms with Crippen molar-refractivity contribution in [2.45, 2.75) is 0 Å². The van der Waals surface area contributed by atoms with E-state index in [9.17, 15) is 0 Å². The second-order valence-corrected chi connectivity index (χ2v) is 14.3. The number of benzene rings is 9. The van der Waals surface area contributed by atoms with Gasteiger partial charge in [0, 0.05) is 30.9 Å². The topological polar surface area (TPSA) is 13.1 Å². The molecule has 0 atom stereocenters. The molecule has 11 aromatic rings. The van der Waals surface area contributed by atoms with Gasteiger partial charge >= 0.3 is 0 Å². The van der Waals surface area contributed by atoms with E-state index in [0.717, 1.165) is 11.2 Å². The molecule has 0 saturated heterocycles. The molecule has 50 heavy (non-hydrogen) atoms. The summed E-state index contributed by atoms with van der Waals surface area (Å²) in [5, 5.41) is 12.6. The molecule has 0 amide bonds. The summed E-state index contributed by atoms with van der Waals surface area (Å²) in [5.41, 5.74) is 9.37. The molecular weight excluding hydrogens is 625 g/mol. The summed E-state index contributed by atoms with van der Waals surface area (Å²) in [6, 6.07) is 62.0. The first-order chi connectivity index (χ1) is 24.8. The molecule has 0 spiro atoms. The van der Waals surface area contributed by atoms with Crippen LogP contribution in [-0.4, -0.2) is 0 Å². The minimum absolute atomic E-state index is 0.934. The Kier molecular flexibility index (Phi) is 5.89. The van der Waals surface area contributed by atoms with Crippen LogP contribution in [0.15, 0.2) is 174 Å². The average molecular weight is 653 g/mol. The lowest BCUT2D eigenvalue weighted by atomic mass is 9.86. The summed E-state index contributed by atoms with van der Waals surface area (Å²) in [5.74, 6) is 0. The molecule has 0 bridgehead atoms. The van der Waals surface area contributed by atoms with E-state index in [1.165, 1.54) is 96.6 Å². The predicted molar refractivity (Wildman–Crippen MR) is 215 cm³/mol.